The van der Waals surface area contributed by atoms with Crippen LogP contribution in [-0.2, 0) is 0 Å². The second-order valence-corrected chi connectivity index (χ2v) is 5.82. The Morgan fingerprint density at radius 3 is 2.45 bits per heavy atom. The van der Waals surface area contributed by atoms with E-state index in [-0.39, 0.29) is 0 Å². The Bertz CT molecular complexity index is 479. The number of nitrogens with zero attached hydrogens (tertiary/aromatic N) is 2. The van der Waals surface area contributed by atoms with E-state index < -0.39 is 5.91 Å². The summed E-state index contributed by atoms with van der Waals surface area (Å²) in [6.07, 6.45) is 0. The Morgan fingerprint density at radius 1 is 1.25 bits per heavy atom. The standard InChI is InChI=1S/C15H24N4O/c1-11(2)10-18-5-7-19(8-6-18)14-9-12(15(17)20)3-4-13(14)16/h3-4,9,11H,5-8,10,16H2,1-2H3,(H2,17,20). The van der Waals surface area contributed by atoms with Gasteiger partial charge in [0.25, 0.3) is 0 Å². The van der Waals surface area contributed by atoms with E-state index in [9.17, 15) is 4.79 Å². The molecule has 0 saturated carbocycles. The summed E-state index contributed by atoms with van der Waals surface area (Å²) in [7, 11) is 0. The van der Waals surface area contributed by atoms with Crippen molar-refractivity contribution < 1.29 is 4.79 Å². The van der Waals surface area contributed by atoms with Crippen LogP contribution in [0.3, 0.4) is 0 Å². The number of primary amides is 1. The lowest BCUT2D eigenvalue weighted by atomic mass is 10.1. The molecule has 110 valence electrons. The zero-order valence-corrected chi connectivity index (χ0v) is 12.3. The molecule has 5 heteroatoms. The zero-order valence-electron chi connectivity index (χ0n) is 12.3. The van der Waals surface area contributed by atoms with E-state index in [1.54, 1.807) is 18.2 Å². The van der Waals surface area contributed by atoms with Crippen LogP contribution in [0.15, 0.2) is 18.2 Å². The summed E-state index contributed by atoms with van der Waals surface area (Å²) in [6.45, 7) is 9.52. The first-order chi connectivity index (χ1) is 9.47. The summed E-state index contributed by atoms with van der Waals surface area (Å²) in [4.78, 5) is 16.0. The Morgan fingerprint density at radius 2 is 1.90 bits per heavy atom. The molecule has 20 heavy (non-hydrogen) atoms. The fourth-order valence-electron chi connectivity index (χ4n) is 2.66. The molecule has 4 N–H and O–H groups in total. The Labute approximate surface area is 120 Å². The SMILES string of the molecule is CC(C)CN1CCN(c2cc(C(N)=O)ccc2N)CC1. The summed E-state index contributed by atoms with van der Waals surface area (Å²) < 4.78 is 0. The van der Waals surface area contributed by atoms with Gasteiger partial charge in [0.1, 0.15) is 0 Å². The summed E-state index contributed by atoms with van der Waals surface area (Å²) in [6, 6.07) is 5.24. The van der Waals surface area contributed by atoms with Crippen molar-refractivity contribution in [2.45, 2.75) is 13.8 Å². The fraction of sp³-hybridized carbons (Fsp3) is 0.533. The minimum absolute atomic E-state index is 0.412. The minimum atomic E-state index is -0.412. The molecule has 5 nitrogen and oxygen atoms in total. The molecule has 0 aromatic heterocycles. The van der Waals surface area contributed by atoms with Crippen LogP contribution in [0.1, 0.15) is 24.2 Å². The highest BCUT2D eigenvalue weighted by molar-refractivity contribution is 5.95. The van der Waals surface area contributed by atoms with Crippen LogP contribution in [-0.4, -0.2) is 43.5 Å². The van der Waals surface area contributed by atoms with Crippen LogP contribution in [0.2, 0.25) is 0 Å². The van der Waals surface area contributed by atoms with Crippen LogP contribution in [0.4, 0.5) is 11.4 Å². The number of nitrogen functional groups attached to an aromatic ring is 1. The monoisotopic (exact) mass is 276 g/mol. The molecule has 1 saturated heterocycles. The Hall–Kier alpha value is -1.75. The van der Waals surface area contributed by atoms with Crippen LogP contribution >= 0.6 is 0 Å². The van der Waals surface area contributed by atoms with Crippen LogP contribution in [0, 0.1) is 5.92 Å². The van der Waals surface area contributed by atoms with Crippen molar-refractivity contribution in [3.63, 3.8) is 0 Å². The van der Waals surface area contributed by atoms with Crippen LogP contribution < -0.4 is 16.4 Å². The summed E-state index contributed by atoms with van der Waals surface area (Å²) in [5.74, 6) is 0.273. The van der Waals surface area contributed by atoms with Crippen molar-refractivity contribution in [1.29, 1.82) is 0 Å². The molecular formula is C15H24N4O. The second kappa shape index (κ2) is 6.13. The number of rotatable bonds is 4. The molecule has 1 aliphatic heterocycles. The van der Waals surface area contributed by atoms with E-state index in [1.165, 1.54) is 0 Å². The quantitative estimate of drug-likeness (QED) is 0.809. The lowest BCUT2D eigenvalue weighted by molar-refractivity contribution is 0.100. The topological polar surface area (TPSA) is 75.6 Å². The largest absolute Gasteiger partial charge is 0.397 e. The molecule has 0 atom stereocenters. The molecule has 1 heterocycles. The summed E-state index contributed by atoms with van der Waals surface area (Å²) >= 11 is 0. The van der Waals surface area contributed by atoms with Crippen molar-refractivity contribution in [1.82, 2.24) is 4.90 Å². The van der Waals surface area contributed by atoms with Gasteiger partial charge in [-0.1, -0.05) is 13.8 Å². The lowest BCUT2D eigenvalue weighted by Gasteiger charge is -2.37. The van der Waals surface area contributed by atoms with Crippen molar-refractivity contribution >= 4 is 17.3 Å². The first-order valence-electron chi connectivity index (χ1n) is 7.14. The number of anilines is 2. The van der Waals surface area contributed by atoms with Crippen molar-refractivity contribution in [2.75, 3.05) is 43.4 Å². The summed E-state index contributed by atoms with van der Waals surface area (Å²) in [5.41, 5.74) is 13.5. The normalized spacial score (nSPS) is 16.6. The number of carbonyl (C=O) groups excluding carboxylic acids is 1. The number of hydrogen-bond donors (Lipinski definition) is 2. The van der Waals surface area contributed by atoms with Crippen LogP contribution in [0.5, 0.6) is 0 Å². The average Bonchev–Trinajstić information content (AvgIpc) is 2.39. The van der Waals surface area contributed by atoms with Gasteiger partial charge in [-0.3, -0.25) is 9.69 Å². The van der Waals surface area contributed by atoms with E-state index in [0.717, 1.165) is 38.4 Å². The van der Waals surface area contributed by atoms with Gasteiger partial charge in [-0.15, -0.1) is 0 Å². The third-order valence-electron chi connectivity index (χ3n) is 3.65. The molecule has 0 bridgehead atoms. The number of nitrogens with two attached hydrogens (primary N) is 2. The highest BCUT2D eigenvalue weighted by Crippen LogP contribution is 2.25. The first kappa shape index (κ1) is 14.7. The minimum Gasteiger partial charge on any atom is -0.397 e. The van der Waals surface area contributed by atoms with E-state index >= 15 is 0 Å². The third-order valence-corrected chi connectivity index (χ3v) is 3.65. The Balaban J connectivity index is 2.06. The zero-order chi connectivity index (χ0) is 14.7. The average molecular weight is 276 g/mol. The van der Waals surface area contributed by atoms with Gasteiger partial charge >= 0.3 is 0 Å². The number of amides is 1. The van der Waals surface area contributed by atoms with Gasteiger partial charge in [-0.05, 0) is 24.1 Å². The van der Waals surface area contributed by atoms with Gasteiger partial charge in [0.15, 0.2) is 0 Å². The smallest absolute Gasteiger partial charge is 0.248 e. The van der Waals surface area contributed by atoms with Crippen LogP contribution in [0.25, 0.3) is 0 Å². The summed E-state index contributed by atoms with van der Waals surface area (Å²) in [5, 5.41) is 0. The number of carbonyl (C=O) groups is 1. The van der Waals surface area contributed by atoms with E-state index in [4.69, 9.17) is 11.5 Å². The molecule has 0 spiro atoms. The number of benzene rings is 1. The van der Waals surface area contributed by atoms with Crippen molar-refractivity contribution in [3.05, 3.63) is 23.8 Å². The predicted octanol–water partition coefficient (Wildman–Crippen LogP) is 1.15. The fourth-order valence-corrected chi connectivity index (χ4v) is 2.66. The van der Waals surface area contributed by atoms with E-state index in [1.807, 2.05) is 0 Å². The highest BCUT2D eigenvalue weighted by atomic mass is 16.1. The molecule has 0 radical (unpaired) electrons. The highest BCUT2D eigenvalue weighted by Gasteiger charge is 2.19. The molecule has 2 rings (SSSR count). The van der Waals surface area contributed by atoms with Gasteiger partial charge in [-0.2, -0.15) is 0 Å². The van der Waals surface area contributed by atoms with Crippen molar-refractivity contribution in [2.24, 2.45) is 11.7 Å². The predicted molar refractivity (Wildman–Crippen MR) is 82.9 cm³/mol. The third kappa shape index (κ3) is 3.42. The number of hydrogen-bond acceptors (Lipinski definition) is 4. The molecule has 1 fully saturated rings. The molecule has 1 amide bonds. The maximum absolute atomic E-state index is 11.3. The first-order valence-corrected chi connectivity index (χ1v) is 7.14. The number of piperazine rings is 1. The van der Waals surface area contributed by atoms with E-state index in [2.05, 4.69) is 23.6 Å². The van der Waals surface area contributed by atoms with Gasteiger partial charge in [-0.25, -0.2) is 0 Å². The van der Waals surface area contributed by atoms with E-state index in [0.29, 0.717) is 17.2 Å². The lowest BCUT2D eigenvalue weighted by Crippen LogP contribution is -2.47. The van der Waals surface area contributed by atoms with Gasteiger partial charge < -0.3 is 16.4 Å². The molecule has 1 aromatic carbocycles. The van der Waals surface area contributed by atoms with Gasteiger partial charge in [0.2, 0.25) is 5.91 Å². The second-order valence-electron chi connectivity index (χ2n) is 5.82. The Kier molecular flexibility index (Phi) is 4.49. The molecule has 1 aliphatic rings. The van der Waals surface area contributed by atoms with Crippen molar-refractivity contribution in [3.8, 4) is 0 Å². The van der Waals surface area contributed by atoms with Gasteiger partial charge in [0, 0.05) is 38.3 Å². The maximum atomic E-state index is 11.3. The molecule has 0 unspecified atom stereocenters. The van der Waals surface area contributed by atoms with Gasteiger partial charge in [0.05, 0.1) is 11.4 Å². The molecule has 0 aliphatic carbocycles. The molecular weight excluding hydrogens is 252 g/mol. The maximum Gasteiger partial charge on any atom is 0.248 e. The molecule has 1 aromatic rings.